The number of nitrogens with one attached hydrogen (secondary N) is 1. The molecule has 1 aromatic carbocycles. The second-order valence-corrected chi connectivity index (χ2v) is 5.54. The molecule has 19 heavy (non-hydrogen) atoms. The lowest BCUT2D eigenvalue weighted by molar-refractivity contribution is 0.553. The maximum atomic E-state index is 6.25. The molecule has 1 unspecified atom stereocenters. The first-order valence-corrected chi connectivity index (χ1v) is 7.69. The third-order valence-corrected chi connectivity index (χ3v) is 4.32. The molecule has 0 aliphatic rings. The van der Waals surface area contributed by atoms with Crippen molar-refractivity contribution in [2.24, 2.45) is 0 Å². The van der Waals surface area contributed by atoms with Crippen LogP contribution in [0.3, 0.4) is 0 Å². The summed E-state index contributed by atoms with van der Waals surface area (Å²) in [5.74, 6) is 0. The van der Waals surface area contributed by atoms with Crippen LogP contribution in [-0.2, 0) is 12.8 Å². The van der Waals surface area contributed by atoms with Crippen LogP contribution in [0.1, 0.15) is 36.0 Å². The Morgan fingerprint density at radius 3 is 2.79 bits per heavy atom. The number of hydrogen-bond acceptors (Lipinski definition) is 4. The van der Waals surface area contributed by atoms with Gasteiger partial charge in [0.15, 0.2) is 0 Å². The predicted octanol–water partition coefficient (Wildman–Crippen LogP) is 3.65. The van der Waals surface area contributed by atoms with Crippen molar-refractivity contribution in [1.82, 2.24) is 14.9 Å². The van der Waals surface area contributed by atoms with Crippen molar-refractivity contribution in [2.45, 2.75) is 32.7 Å². The lowest BCUT2D eigenvalue weighted by atomic mass is 10.0. The maximum Gasteiger partial charge on any atom is 0.0801 e. The van der Waals surface area contributed by atoms with Crippen LogP contribution < -0.4 is 5.32 Å². The SMILES string of the molecule is CCNC(Cc1ccccc1Cl)c1snnc1CC. The topological polar surface area (TPSA) is 37.8 Å². The zero-order valence-electron chi connectivity index (χ0n) is 11.2. The molecule has 2 rings (SSSR count). The Morgan fingerprint density at radius 1 is 1.32 bits per heavy atom. The van der Waals surface area contributed by atoms with E-state index in [0.717, 1.165) is 35.7 Å². The smallest absolute Gasteiger partial charge is 0.0801 e. The normalized spacial score (nSPS) is 12.6. The summed E-state index contributed by atoms with van der Waals surface area (Å²) >= 11 is 7.73. The molecule has 0 aliphatic carbocycles. The first-order valence-electron chi connectivity index (χ1n) is 6.54. The first kappa shape index (κ1) is 14.4. The zero-order valence-corrected chi connectivity index (χ0v) is 12.8. The second-order valence-electron chi connectivity index (χ2n) is 4.34. The van der Waals surface area contributed by atoms with Gasteiger partial charge >= 0.3 is 0 Å². The molecular formula is C14H18ClN3S. The van der Waals surface area contributed by atoms with Gasteiger partial charge in [-0.05, 0) is 42.5 Å². The van der Waals surface area contributed by atoms with Crippen molar-refractivity contribution in [2.75, 3.05) is 6.54 Å². The van der Waals surface area contributed by atoms with E-state index >= 15 is 0 Å². The standard InChI is InChI=1S/C14H18ClN3S/c1-3-12-14(19-18-17-12)13(16-4-2)9-10-7-5-6-8-11(10)15/h5-8,13,16H,3-4,9H2,1-2H3. The van der Waals surface area contributed by atoms with Crippen molar-refractivity contribution in [3.05, 3.63) is 45.4 Å². The fraction of sp³-hybridized carbons (Fsp3) is 0.429. The Bertz CT molecular complexity index is 527. The van der Waals surface area contributed by atoms with Crippen LogP contribution in [0.25, 0.3) is 0 Å². The van der Waals surface area contributed by atoms with Crippen LogP contribution >= 0.6 is 23.1 Å². The van der Waals surface area contributed by atoms with Gasteiger partial charge in [-0.3, -0.25) is 0 Å². The van der Waals surface area contributed by atoms with Crippen molar-refractivity contribution >= 4 is 23.1 Å². The molecule has 1 aromatic heterocycles. The highest BCUT2D eigenvalue weighted by Gasteiger charge is 2.19. The fourth-order valence-electron chi connectivity index (χ4n) is 2.11. The summed E-state index contributed by atoms with van der Waals surface area (Å²) in [6.45, 7) is 5.13. The van der Waals surface area contributed by atoms with Crippen LogP contribution in [-0.4, -0.2) is 16.1 Å². The van der Waals surface area contributed by atoms with Gasteiger partial charge in [0.25, 0.3) is 0 Å². The van der Waals surface area contributed by atoms with Crippen LogP contribution in [0.2, 0.25) is 5.02 Å². The van der Waals surface area contributed by atoms with Gasteiger partial charge < -0.3 is 5.32 Å². The zero-order chi connectivity index (χ0) is 13.7. The average molecular weight is 296 g/mol. The van der Waals surface area contributed by atoms with E-state index in [2.05, 4.69) is 34.8 Å². The summed E-state index contributed by atoms with van der Waals surface area (Å²) in [7, 11) is 0. The second kappa shape index (κ2) is 6.98. The quantitative estimate of drug-likeness (QED) is 0.884. The monoisotopic (exact) mass is 295 g/mol. The van der Waals surface area contributed by atoms with Crippen LogP contribution in [0.15, 0.2) is 24.3 Å². The van der Waals surface area contributed by atoms with E-state index < -0.39 is 0 Å². The number of aromatic nitrogens is 2. The summed E-state index contributed by atoms with van der Waals surface area (Å²) in [6, 6.07) is 8.23. The van der Waals surface area contributed by atoms with Crippen molar-refractivity contribution in [3.8, 4) is 0 Å². The lowest BCUT2D eigenvalue weighted by Gasteiger charge is -2.17. The molecule has 1 N–H and O–H groups in total. The maximum absolute atomic E-state index is 6.25. The van der Waals surface area contributed by atoms with E-state index in [9.17, 15) is 0 Å². The number of nitrogens with zero attached hydrogens (tertiary/aromatic N) is 2. The number of likely N-dealkylation sites (N-methyl/N-ethyl adjacent to an activating group) is 1. The molecule has 102 valence electrons. The van der Waals surface area contributed by atoms with Crippen molar-refractivity contribution in [3.63, 3.8) is 0 Å². The summed E-state index contributed by atoms with van der Waals surface area (Å²) in [4.78, 5) is 1.23. The molecule has 0 saturated heterocycles. The molecule has 0 aliphatic heterocycles. The molecule has 0 saturated carbocycles. The van der Waals surface area contributed by atoms with E-state index in [-0.39, 0.29) is 6.04 Å². The average Bonchev–Trinajstić information content (AvgIpc) is 2.89. The van der Waals surface area contributed by atoms with Gasteiger partial charge in [0, 0.05) is 11.1 Å². The largest absolute Gasteiger partial charge is 0.309 e. The summed E-state index contributed by atoms with van der Waals surface area (Å²) in [5, 5.41) is 8.52. The summed E-state index contributed by atoms with van der Waals surface area (Å²) in [6.07, 6.45) is 1.78. The number of aryl methyl sites for hydroxylation is 1. The van der Waals surface area contributed by atoms with Crippen LogP contribution in [0, 0.1) is 0 Å². The Kier molecular flexibility index (Phi) is 5.31. The molecule has 0 spiro atoms. The van der Waals surface area contributed by atoms with E-state index in [4.69, 9.17) is 11.6 Å². The van der Waals surface area contributed by atoms with E-state index in [1.165, 1.54) is 16.4 Å². The van der Waals surface area contributed by atoms with Crippen LogP contribution in [0.5, 0.6) is 0 Å². The van der Waals surface area contributed by atoms with Crippen molar-refractivity contribution < 1.29 is 0 Å². The molecule has 0 amide bonds. The molecule has 1 heterocycles. The number of rotatable bonds is 6. The highest BCUT2D eigenvalue weighted by atomic mass is 35.5. The first-order chi connectivity index (χ1) is 9.26. The number of halogens is 1. The molecular weight excluding hydrogens is 278 g/mol. The predicted molar refractivity (Wildman–Crippen MR) is 80.9 cm³/mol. The van der Waals surface area contributed by atoms with Crippen molar-refractivity contribution in [1.29, 1.82) is 0 Å². The summed E-state index contributed by atoms with van der Waals surface area (Å²) < 4.78 is 4.08. The van der Waals surface area contributed by atoms with E-state index in [1.807, 2.05) is 18.2 Å². The molecule has 0 fully saturated rings. The van der Waals surface area contributed by atoms with Gasteiger partial charge in [-0.2, -0.15) is 0 Å². The Labute approximate surface area is 123 Å². The van der Waals surface area contributed by atoms with Gasteiger partial charge in [0.05, 0.1) is 10.6 Å². The molecule has 5 heteroatoms. The fourth-order valence-corrected chi connectivity index (χ4v) is 3.14. The van der Waals surface area contributed by atoms with Gasteiger partial charge in [0.1, 0.15) is 0 Å². The Balaban J connectivity index is 2.24. The van der Waals surface area contributed by atoms with Gasteiger partial charge in [-0.15, -0.1) is 5.10 Å². The Morgan fingerprint density at radius 2 is 2.11 bits per heavy atom. The third-order valence-electron chi connectivity index (χ3n) is 3.07. The molecule has 3 nitrogen and oxygen atoms in total. The van der Waals surface area contributed by atoms with Crippen LogP contribution in [0.4, 0.5) is 0 Å². The molecule has 0 bridgehead atoms. The highest BCUT2D eigenvalue weighted by molar-refractivity contribution is 7.05. The van der Waals surface area contributed by atoms with Gasteiger partial charge in [0.2, 0.25) is 0 Å². The minimum Gasteiger partial charge on any atom is -0.309 e. The van der Waals surface area contributed by atoms with Gasteiger partial charge in [-0.1, -0.05) is 48.1 Å². The lowest BCUT2D eigenvalue weighted by Crippen LogP contribution is -2.23. The molecule has 0 radical (unpaired) electrons. The Hall–Kier alpha value is -0.970. The minimum atomic E-state index is 0.236. The highest BCUT2D eigenvalue weighted by Crippen LogP contribution is 2.27. The number of hydrogen-bond donors (Lipinski definition) is 1. The third kappa shape index (κ3) is 3.53. The summed E-state index contributed by atoms with van der Waals surface area (Å²) in [5.41, 5.74) is 2.24. The molecule has 1 atom stereocenters. The molecule has 2 aromatic rings. The van der Waals surface area contributed by atoms with Gasteiger partial charge in [-0.25, -0.2) is 0 Å². The van der Waals surface area contributed by atoms with E-state index in [1.54, 1.807) is 0 Å². The minimum absolute atomic E-state index is 0.236. The van der Waals surface area contributed by atoms with E-state index in [0.29, 0.717) is 0 Å². The number of benzene rings is 1.